The molecule has 186 valence electrons. The topological polar surface area (TPSA) is 49.7 Å². The monoisotopic (exact) mass is 474 g/mol. The third-order valence-corrected chi connectivity index (χ3v) is 7.81. The number of hydrogen-bond acceptors (Lipinski definition) is 4. The summed E-state index contributed by atoms with van der Waals surface area (Å²) in [6, 6.07) is 17.3. The summed E-state index contributed by atoms with van der Waals surface area (Å²) in [4.78, 5) is 18.0. The Morgan fingerprint density at radius 1 is 0.943 bits per heavy atom. The Bertz CT molecular complexity index is 1130. The maximum atomic E-state index is 13.0. The lowest BCUT2D eigenvalue weighted by Crippen LogP contribution is -2.47. The number of likely N-dealkylation sites (tertiary alicyclic amines) is 2. The van der Waals surface area contributed by atoms with E-state index in [2.05, 4.69) is 75.4 Å². The van der Waals surface area contributed by atoms with Gasteiger partial charge in [-0.05, 0) is 68.1 Å². The van der Waals surface area contributed by atoms with Crippen molar-refractivity contribution in [3.05, 3.63) is 65.9 Å². The minimum Gasteiger partial charge on any atom is -0.497 e. The number of carbonyl (C=O) groups excluding carboxylic acids is 1. The zero-order valence-electron chi connectivity index (χ0n) is 21.1. The summed E-state index contributed by atoms with van der Waals surface area (Å²) in [6.07, 6.45) is 6.19. The second-order valence-electron chi connectivity index (χ2n) is 10.2. The van der Waals surface area contributed by atoms with E-state index >= 15 is 0 Å². The first-order chi connectivity index (χ1) is 17.1. The van der Waals surface area contributed by atoms with Crippen LogP contribution >= 0.6 is 0 Å². The van der Waals surface area contributed by atoms with E-state index in [0.717, 1.165) is 70.7 Å². The van der Waals surface area contributed by atoms with Crippen molar-refractivity contribution in [1.82, 2.24) is 19.7 Å². The highest BCUT2D eigenvalue weighted by molar-refractivity contribution is 5.85. The van der Waals surface area contributed by atoms with Gasteiger partial charge < -0.3 is 14.6 Å². The number of benzene rings is 2. The second kappa shape index (κ2) is 10.8. The SMILES string of the molecule is COc1ccc2c(c1)c(CN1CCC(C(=O)NC3CCN(Cc4ccccc4)CC3)CC1)cn2C. The standard InChI is InChI=1S/C29H38N4O2/c1-31-20-24(27-18-26(35-2)8-9-28(27)31)21-33-14-10-23(11-15-33)29(34)30-25-12-16-32(17-13-25)19-22-6-4-3-5-7-22/h3-9,18,20,23,25H,10-17,19,21H2,1-2H3,(H,30,34). The predicted octanol–water partition coefficient (Wildman–Crippen LogP) is 4.18. The normalized spacial score (nSPS) is 18.7. The van der Waals surface area contributed by atoms with Gasteiger partial charge in [0, 0.05) is 62.3 Å². The third-order valence-electron chi connectivity index (χ3n) is 7.81. The van der Waals surface area contributed by atoms with Crippen molar-refractivity contribution in [2.45, 2.75) is 44.8 Å². The highest BCUT2D eigenvalue weighted by atomic mass is 16.5. The zero-order valence-corrected chi connectivity index (χ0v) is 21.1. The average molecular weight is 475 g/mol. The largest absolute Gasteiger partial charge is 0.497 e. The predicted molar refractivity (Wildman–Crippen MR) is 140 cm³/mol. The van der Waals surface area contributed by atoms with Gasteiger partial charge in [0.1, 0.15) is 5.75 Å². The summed E-state index contributed by atoms with van der Waals surface area (Å²) in [5, 5.41) is 4.63. The van der Waals surface area contributed by atoms with Crippen LogP contribution in [0, 0.1) is 5.92 Å². The minimum atomic E-state index is 0.140. The lowest BCUT2D eigenvalue weighted by molar-refractivity contribution is -0.127. The third kappa shape index (κ3) is 5.71. The first kappa shape index (κ1) is 23.9. The van der Waals surface area contributed by atoms with E-state index in [9.17, 15) is 4.79 Å². The lowest BCUT2D eigenvalue weighted by atomic mass is 9.94. The molecule has 2 fully saturated rings. The summed E-state index contributed by atoms with van der Waals surface area (Å²) >= 11 is 0. The quantitative estimate of drug-likeness (QED) is 0.558. The number of carbonyl (C=O) groups is 1. The van der Waals surface area contributed by atoms with E-state index < -0.39 is 0 Å². The first-order valence-corrected chi connectivity index (χ1v) is 13.0. The van der Waals surface area contributed by atoms with Crippen molar-refractivity contribution in [2.75, 3.05) is 33.3 Å². The number of fused-ring (bicyclic) bond motifs is 1. The molecule has 1 N–H and O–H groups in total. The average Bonchev–Trinajstić information content (AvgIpc) is 3.20. The molecule has 0 atom stereocenters. The summed E-state index contributed by atoms with van der Waals surface area (Å²) in [5.74, 6) is 1.30. The molecule has 2 aliphatic heterocycles. The van der Waals surface area contributed by atoms with Crippen LogP contribution in [0.1, 0.15) is 36.8 Å². The molecule has 3 aromatic rings. The molecule has 1 amide bonds. The number of nitrogens with one attached hydrogen (secondary N) is 1. The van der Waals surface area contributed by atoms with Crippen LogP contribution in [0.15, 0.2) is 54.7 Å². The Kier molecular flexibility index (Phi) is 7.40. The van der Waals surface area contributed by atoms with E-state index in [0.29, 0.717) is 6.04 Å². The molecule has 1 aromatic heterocycles. The van der Waals surface area contributed by atoms with Crippen molar-refractivity contribution in [1.29, 1.82) is 0 Å². The van der Waals surface area contributed by atoms with E-state index in [1.165, 1.54) is 22.0 Å². The molecule has 0 radical (unpaired) electrons. The highest BCUT2D eigenvalue weighted by Crippen LogP contribution is 2.28. The smallest absolute Gasteiger partial charge is 0.223 e. The fourth-order valence-corrected chi connectivity index (χ4v) is 5.70. The minimum absolute atomic E-state index is 0.140. The molecule has 6 nitrogen and oxygen atoms in total. The van der Waals surface area contributed by atoms with Crippen molar-refractivity contribution < 1.29 is 9.53 Å². The molecule has 0 unspecified atom stereocenters. The molecule has 0 saturated carbocycles. The molecule has 0 spiro atoms. The van der Waals surface area contributed by atoms with Gasteiger partial charge in [-0.3, -0.25) is 14.6 Å². The van der Waals surface area contributed by atoms with Gasteiger partial charge in [-0.15, -0.1) is 0 Å². The zero-order chi connectivity index (χ0) is 24.2. The number of nitrogens with zero attached hydrogens (tertiary/aromatic N) is 3. The first-order valence-electron chi connectivity index (χ1n) is 13.0. The van der Waals surface area contributed by atoms with Gasteiger partial charge in [0.2, 0.25) is 5.91 Å². The van der Waals surface area contributed by atoms with Crippen LogP contribution in [-0.4, -0.2) is 59.6 Å². The molecule has 35 heavy (non-hydrogen) atoms. The summed E-state index contributed by atoms with van der Waals surface area (Å²) in [7, 11) is 3.81. The molecule has 5 rings (SSSR count). The van der Waals surface area contributed by atoms with Gasteiger partial charge in [0.05, 0.1) is 7.11 Å². The lowest BCUT2D eigenvalue weighted by Gasteiger charge is -2.35. The van der Waals surface area contributed by atoms with Crippen LogP contribution in [0.5, 0.6) is 5.75 Å². The van der Waals surface area contributed by atoms with Crippen molar-refractivity contribution in [2.24, 2.45) is 13.0 Å². The van der Waals surface area contributed by atoms with Crippen molar-refractivity contribution >= 4 is 16.8 Å². The molecule has 0 bridgehead atoms. The van der Waals surface area contributed by atoms with Crippen LogP contribution in [0.4, 0.5) is 0 Å². The molecule has 2 saturated heterocycles. The van der Waals surface area contributed by atoms with E-state index in [4.69, 9.17) is 4.74 Å². The van der Waals surface area contributed by atoms with Gasteiger partial charge in [0.15, 0.2) is 0 Å². The molecule has 0 aliphatic carbocycles. The Balaban J connectivity index is 1.08. The van der Waals surface area contributed by atoms with Crippen LogP contribution in [0.3, 0.4) is 0 Å². The number of hydrogen-bond donors (Lipinski definition) is 1. The summed E-state index contributed by atoms with van der Waals surface area (Å²) < 4.78 is 7.63. The van der Waals surface area contributed by atoms with Gasteiger partial charge in [-0.25, -0.2) is 0 Å². The highest BCUT2D eigenvalue weighted by Gasteiger charge is 2.28. The summed E-state index contributed by atoms with van der Waals surface area (Å²) in [6.45, 7) is 5.95. The number of methoxy groups -OCH3 is 1. The molecule has 2 aromatic carbocycles. The van der Waals surface area contributed by atoms with Crippen LogP contribution in [-0.2, 0) is 24.9 Å². The van der Waals surface area contributed by atoms with Gasteiger partial charge in [-0.2, -0.15) is 0 Å². The molecule has 6 heteroatoms. The Morgan fingerprint density at radius 2 is 1.63 bits per heavy atom. The fraction of sp³-hybridized carbons (Fsp3) is 0.483. The number of piperidine rings is 2. The Hall–Kier alpha value is -2.83. The van der Waals surface area contributed by atoms with Gasteiger partial charge >= 0.3 is 0 Å². The number of rotatable bonds is 7. The van der Waals surface area contributed by atoms with Crippen molar-refractivity contribution in [3.8, 4) is 5.75 Å². The number of aryl methyl sites for hydroxylation is 1. The second-order valence-corrected chi connectivity index (χ2v) is 10.2. The number of amides is 1. The van der Waals surface area contributed by atoms with E-state index in [1.54, 1.807) is 7.11 Å². The fourth-order valence-electron chi connectivity index (χ4n) is 5.70. The van der Waals surface area contributed by atoms with Crippen LogP contribution < -0.4 is 10.1 Å². The molecular weight excluding hydrogens is 436 g/mol. The number of aromatic nitrogens is 1. The van der Waals surface area contributed by atoms with Crippen LogP contribution in [0.2, 0.25) is 0 Å². The van der Waals surface area contributed by atoms with Gasteiger partial charge in [-0.1, -0.05) is 30.3 Å². The van der Waals surface area contributed by atoms with E-state index in [-0.39, 0.29) is 11.8 Å². The molecule has 3 heterocycles. The maximum Gasteiger partial charge on any atom is 0.223 e. The molecular formula is C29H38N4O2. The molecule has 2 aliphatic rings. The van der Waals surface area contributed by atoms with E-state index in [1.807, 2.05) is 6.07 Å². The van der Waals surface area contributed by atoms with Gasteiger partial charge in [0.25, 0.3) is 0 Å². The Morgan fingerprint density at radius 3 is 2.34 bits per heavy atom. The number of ether oxygens (including phenoxy) is 1. The van der Waals surface area contributed by atoms with Crippen molar-refractivity contribution in [3.63, 3.8) is 0 Å². The Labute approximate surface area is 208 Å². The van der Waals surface area contributed by atoms with Crippen LogP contribution in [0.25, 0.3) is 10.9 Å². The summed E-state index contributed by atoms with van der Waals surface area (Å²) in [5.41, 5.74) is 3.92. The maximum absolute atomic E-state index is 13.0.